The molecule has 0 saturated heterocycles. The second-order valence-electron chi connectivity index (χ2n) is 3.54. The van der Waals surface area contributed by atoms with E-state index in [2.05, 4.69) is 19.7 Å². The molecule has 102 valence electrons. The van der Waals surface area contributed by atoms with Crippen molar-refractivity contribution in [2.75, 3.05) is 12.4 Å². The molecule has 0 aliphatic heterocycles. The zero-order valence-corrected chi connectivity index (χ0v) is 11.6. The molecule has 1 N–H and O–H groups in total. The number of pyridine rings is 1. The molecule has 0 radical (unpaired) electrons. The minimum atomic E-state index is -4.40. The number of hydrogen-bond acceptors (Lipinski definition) is 6. The lowest BCUT2D eigenvalue weighted by atomic mass is 10.2. The number of aromatic nitrogens is 3. The smallest absolute Gasteiger partial charge is 0.373 e. The number of alkyl halides is 3. The highest BCUT2D eigenvalue weighted by atomic mass is 32.2. The molecule has 2 heterocycles. The highest BCUT2D eigenvalue weighted by Gasteiger charge is 2.31. The Balaban J connectivity index is 2.34. The zero-order chi connectivity index (χ0) is 14.0. The summed E-state index contributed by atoms with van der Waals surface area (Å²) in [5.74, 6) is 0.756. The number of nitrogens with zero attached hydrogens (tertiary/aromatic N) is 3. The van der Waals surface area contributed by atoms with Crippen LogP contribution in [-0.2, 0) is 6.18 Å². The molecule has 0 bridgehead atoms. The Morgan fingerprint density at radius 1 is 1.26 bits per heavy atom. The topological polar surface area (TPSA) is 50.7 Å². The van der Waals surface area contributed by atoms with Crippen molar-refractivity contribution in [3.63, 3.8) is 0 Å². The van der Waals surface area contributed by atoms with E-state index in [9.17, 15) is 13.2 Å². The Morgan fingerprint density at radius 2 is 2.00 bits per heavy atom. The van der Waals surface area contributed by atoms with Gasteiger partial charge in [-0.15, -0.1) is 0 Å². The molecule has 2 rings (SSSR count). The van der Waals surface area contributed by atoms with Gasteiger partial charge in [-0.25, -0.2) is 9.97 Å². The number of aryl methyl sites for hydroxylation is 1. The Morgan fingerprint density at radius 3 is 2.53 bits per heavy atom. The largest absolute Gasteiger partial charge is 0.416 e. The van der Waals surface area contributed by atoms with E-state index in [4.69, 9.17) is 0 Å². The average molecular weight is 306 g/mol. The second-order valence-corrected chi connectivity index (χ2v) is 5.56. The van der Waals surface area contributed by atoms with Crippen LogP contribution in [0.4, 0.5) is 19.0 Å². The van der Waals surface area contributed by atoms with Gasteiger partial charge in [0, 0.05) is 7.05 Å². The minimum Gasteiger partial charge on any atom is -0.373 e. The third-order valence-electron chi connectivity index (χ3n) is 2.09. The van der Waals surface area contributed by atoms with Crippen molar-refractivity contribution < 1.29 is 13.2 Å². The molecule has 0 unspecified atom stereocenters. The van der Waals surface area contributed by atoms with Crippen LogP contribution in [0, 0.1) is 6.92 Å². The fourth-order valence-electron chi connectivity index (χ4n) is 1.26. The van der Waals surface area contributed by atoms with Gasteiger partial charge < -0.3 is 5.32 Å². The van der Waals surface area contributed by atoms with Crippen molar-refractivity contribution in [1.29, 1.82) is 0 Å². The van der Waals surface area contributed by atoms with Gasteiger partial charge in [0.15, 0.2) is 4.34 Å². The molecular formula is C10H9F3N4S2. The van der Waals surface area contributed by atoms with E-state index >= 15 is 0 Å². The fraction of sp³-hybridized carbons (Fsp3) is 0.300. The average Bonchev–Trinajstić information content (AvgIpc) is 2.73. The van der Waals surface area contributed by atoms with E-state index in [-0.39, 0.29) is 10.8 Å². The van der Waals surface area contributed by atoms with Gasteiger partial charge in [0.1, 0.15) is 16.7 Å². The first-order valence-corrected chi connectivity index (χ1v) is 6.72. The molecule has 19 heavy (non-hydrogen) atoms. The van der Waals surface area contributed by atoms with Crippen LogP contribution in [0.5, 0.6) is 0 Å². The lowest BCUT2D eigenvalue weighted by Gasteiger charge is -2.10. The Labute approximate surface area is 115 Å². The third-order valence-corrected chi connectivity index (χ3v) is 3.85. The predicted molar refractivity (Wildman–Crippen MR) is 67.6 cm³/mol. The number of nitrogens with one attached hydrogen (secondary N) is 1. The van der Waals surface area contributed by atoms with Crippen LogP contribution in [0.1, 0.15) is 11.4 Å². The van der Waals surface area contributed by atoms with Crippen LogP contribution >= 0.6 is 23.3 Å². The van der Waals surface area contributed by atoms with Crippen LogP contribution < -0.4 is 5.32 Å². The number of halogens is 3. The van der Waals surface area contributed by atoms with E-state index in [0.717, 1.165) is 35.4 Å². The number of hydrogen-bond donors (Lipinski definition) is 1. The summed E-state index contributed by atoms with van der Waals surface area (Å²) in [5.41, 5.74) is -0.740. The van der Waals surface area contributed by atoms with Crippen LogP contribution in [0.25, 0.3) is 0 Å². The maximum absolute atomic E-state index is 12.7. The van der Waals surface area contributed by atoms with Gasteiger partial charge in [-0.2, -0.15) is 17.5 Å². The van der Waals surface area contributed by atoms with Crippen LogP contribution in [0.3, 0.4) is 0 Å². The minimum absolute atomic E-state index is 0.165. The Hall–Kier alpha value is -1.35. The Bertz CT molecular complexity index is 582. The zero-order valence-electron chi connectivity index (χ0n) is 9.95. The number of anilines is 1. The van der Waals surface area contributed by atoms with Crippen molar-refractivity contribution in [1.82, 2.24) is 14.3 Å². The summed E-state index contributed by atoms with van der Waals surface area (Å²) in [5, 5.41) is 2.85. The molecule has 9 heteroatoms. The third kappa shape index (κ3) is 3.57. The molecule has 4 nitrogen and oxygen atoms in total. The quantitative estimate of drug-likeness (QED) is 0.941. The first-order chi connectivity index (χ1) is 8.88. The number of rotatable bonds is 3. The van der Waals surface area contributed by atoms with Crippen LogP contribution in [-0.4, -0.2) is 21.4 Å². The van der Waals surface area contributed by atoms with Gasteiger partial charge in [0.2, 0.25) is 0 Å². The Kier molecular flexibility index (Phi) is 3.95. The molecular weight excluding hydrogens is 297 g/mol. The summed E-state index contributed by atoms with van der Waals surface area (Å²) in [6, 6.07) is 1.97. The summed E-state index contributed by atoms with van der Waals surface area (Å²) in [6.07, 6.45) is -4.40. The van der Waals surface area contributed by atoms with Gasteiger partial charge in [-0.05, 0) is 42.4 Å². The summed E-state index contributed by atoms with van der Waals surface area (Å²) < 4.78 is 42.7. The van der Waals surface area contributed by atoms with Crippen molar-refractivity contribution in [2.45, 2.75) is 22.5 Å². The highest BCUT2D eigenvalue weighted by molar-refractivity contribution is 8.00. The molecule has 0 atom stereocenters. The summed E-state index contributed by atoms with van der Waals surface area (Å²) >= 11 is 2.19. The molecule has 2 aromatic rings. The highest BCUT2D eigenvalue weighted by Crippen LogP contribution is 2.35. The standard InChI is InChI=1S/C10H9F3N4S2/c1-5-15-9(19-17-5)18-8-4-6(10(11,12)13)3-7(14-2)16-8/h3-4H,1-2H3,(H,14,16). The molecule has 0 aromatic carbocycles. The molecule has 2 aromatic heterocycles. The van der Waals surface area contributed by atoms with E-state index in [1.54, 1.807) is 6.92 Å². The van der Waals surface area contributed by atoms with Crippen LogP contribution in [0.2, 0.25) is 0 Å². The van der Waals surface area contributed by atoms with Crippen molar-refractivity contribution in [3.8, 4) is 0 Å². The second kappa shape index (κ2) is 5.33. The molecule has 0 aliphatic rings. The molecule has 0 amide bonds. The normalized spacial score (nSPS) is 11.6. The van der Waals surface area contributed by atoms with Crippen molar-refractivity contribution in [2.24, 2.45) is 0 Å². The van der Waals surface area contributed by atoms with E-state index in [0.29, 0.717) is 10.2 Å². The molecule has 0 saturated carbocycles. The summed E-state index contributed by atoms with van der Waals surface area (Å²) in [4.78, 5) is 8.14. The summed E-state index contributed by atoms with van der Waals surface area (Å²) in [6.45, 7) is 1.72. The van der Waals surface area contributed by atoms with Gasteiger partial charge in [-0.1, -0.05) is 0 Å². The maximum atomic E-state index is 12.7. The van der Waals surface area contributed by atoms with Gasteiger partial charge >= 0.3 is 6.18 Å². The maximum Gasteiger partial charge on any atom is 0.416 e. The fourth-order valence-corrected chi connectivity index (χ4v) is 2.89. The van der Waals surface area contributed by atoms with Crippen LogP contribution in [0.15, 0.2) is 21.5 Å². The molecule has 0 aliphatic carbocycles. The SMILES string of the molecule is CNc1cc(C(F)(F)F)cc(Sc2nc(C)ns2)n1. The van der Waals surface area contributed by atoms with Gasteiger partial charge in [0.05, 0.1) is 5.56 Å². The predicted octanol–water partition coefficient (Wildman–Crippen LogP) is 3.45. The molecule has 0 fully saturated rings. The van der Waals surface area contributed by atoms with Gasteiger partial charge in [-0.3, -0.25) is 0 Å². The lowest BCUT2D eigenvalue weighted by Crippen LogP contribution is -2.07. The van der Waals surface area contributed by atoms with E-state index in [1.807, 2.05) is 0 Å². The van der Waals surface area contributed by atoms with Crippen molar-refractivity contribution in [3.05, 3.63) is 23.5 Å². The monoisotopic (exact) mass is 306 g/mol. The molecule has 0 spiro atoms. The lowest BCUT2D eigenvalue weighted by molar-refractivity contribution is -0.137. The van der Waals surface area contributed by atoms with Gasteiger partial charge in [0.25, 0.3) is 0 Å². The first kappa shape index (κ1) is 14.1. The van der Waals surface area contributed by atoms with Crippen molar-refractivity contribution >= 4 is 29.1 Å². The van der Waals surface area contributed by atoms with E-state index < -0.39 is 11.7 Å². The summed E-state index contributed by atoms with van der Waals surface area (Å²) in [7, 11) is 1.52. The van der Waals surface area contributed by atoms with E-state index in [1.165, 1.54) is 7.05 Å². The first-order valence-electron chi connectivity index (χ1n) is 5.13.